The number of likely N-dealkylation sites (N-methyl/N-ethyl adjacent to an activating group) is 2. The van der Waals surface area contributed by atoms with Gasteiger partial charge in [-0.15, -0.1) is 12.4 Å². The zero-order chi connectivity index (χ0) is 5.98. The summed E-state index contributed by atoms with van der Waals surface area (Å²) in [5.74, 6) is 0. The highest BCUT2D eigenvalue weighted by Crippen LogP contribution is 2.04. The summed E-state index contributed by atoms with van der Waals surface area (Å²) < 4.78 is 0. The van der Waals surface area contributed by atoms with Gasteiger partial charge in [0.25, 0.3) is 0 Å². The third-order valence-electron chi connectivity index (χ3n) is 1.80. The number of hydrogen-bond donors (Lipinski definition) is 1. The average molecular weight is 151 g/mol. The van der Waals surface area contributed by atoms with Crippen LogP contribution in [0.4, 0.5) is 0 Å². The van der Waals surface area contributed by atoms with E-state index in [2.05, 4.69) is 17.3 Å². The van der Waals surface area contributed by atoms with Crippen LogP contribution in [0.25, 0.3) is 0 Å². The maximum Gasteiger partial charge on any atom is 0.0204 e. The summed E-state index contributed by atoms with van der Waals surface area (Å²) in [5, 5.41) is 3.25. The first-order valence-electron chi connectivity index (χ1n) is 3.18. The second kappa shape index (κ2) is 4.09. The molecule has 0 aliphatic carbocycles. The molecule has 0 radical (unpaired) electrons. The highest BCUT2D eigenvalue weighted by atomic mass is 35.5. The maximum absolute atomic E-state index is 3.25. The van der Waals surface area contributed by atoms with Gasteiger partial charge in [-0.25, -0.2) is 0 Å². The molecule has 0 aromatic heterocycles. The molecule has 0 aromatic carbocycles. The molecule has 56 valence electrons. The van der Waals surface area contributed by atoms with Crippen molar-refractivity contribution in [2.24, 2.45) is 0 Å². The van der Waals surface area contributed by atoms with Gasteiger partial charge in [0.05, 0.1) is 0 Å². The molecule has 1 saturated heterocycles. The third kappa shape index (κ3) is 2.52. The Bertz CT molecular complexity index is 77.5. The number of nitrogens with zero attached hydrogens (tertiary/aromatic N) is 1. The van der Waals surface area contributed by atoms with E-state index in [-0.39, 0.29) is 12.4 Å². The first-order valence-corrected chi connectivity index (χ1v) is 3.18. The summed E-state index contributed by atoms with van der Waals surface area (Å²) >= 11 is 0. The molecule has 0 aromatic rings. The number of hydrogen-bond acceptors (Lipinski definition) is 2. The molecule has 3 heteroatoms. The molecule has 2 nitrogen and oxygen atoms in total. The van der Waals surface area contributed by atoms with Gasteiger partial charge in [-0.1, -0.05) is 0 Å². The van der Waals surface area contributed by atoms with Gasteiger partial charge in [-0.05, 0) is 27.1 Å². The molecule has 0 saturated carbocycles. The summed E-state index contributed by atoms with van der Waals surface area (Å²) in [4.78, 5) is 2.35. The lowest BCUT2D eigenvalue weighted by molar-refractivity contribution is 0.403. The van der Waals surface area contributed by atoms with Crippen molar-refractivity contribution in [3.63, 3.8) is 0 Å². The quantitative estimate of drug-likeness (QED) is 0.580. The molecule has 9 heavy (non-hydrogen) atoms. The van der Waals surface area contributed by atoms with Crippen molar-refractivity contribution >= 4 is 12.4 Å². The van der Waals surface area contributed by atoms with E-state index in [4.69, 9.17) is 0 Å². The smallest absolute Gasteiger partial charge is 0.0204 e. The lowest BCUT2D eigenvalue weighted by Crippen LogP contribution is -2.27. The Hall–Kier alpha value is 0.210. The van der Waals surface area contributed by atoms with Crippen LogP contribution in [-0.2, 0) is 0 Å². The predicted molar refractivity (Wildman–Crippen MR) is 42.2 cm³/mol. The Morgan fingerprint density at radius 1 is 1.56 bits per heavy atom. The van der Waals surface area contributed by atoms with Crippen LogP contribution < -0.4 is 5.32 Å². The van der Waals surface area contributed by atoms with Gasteiger partial charge in [0.2, 0.25) is 0 Å². The fraction of sp³-hybridized carbons (Fsp3) is 1.00. The molecular weight excluding hydrogens is 136 g/mol. The number of nitrogens with one attached hydrogen (secondary N) is 1. The fourth-order valence-corrected chi connectivity index (χ4v) is 1.17. The summed E-state index contributed by atoms with van der Waals surface area (Å²) in [5.41, 5.74) is 0. The van der Waals surface area contributed by atoms with E-state index in [1.54, 1.807) is 0 Å². The van der Waals surface area contributed by atoms with Crippen molar-refractivity contribution in [1.82, 2.24) is 10.2 Å². The molecule has 1 aliphatic heterocycles. The third-order valence-corrected chi connectivity index (χ3v) is 1.80. The van der Waals surface area contributed by atoms with Crippen molar-refractivity contribution in [1.29, 1.82) is 0 Å². The first-order chi connectivity index (χ1) is 3.83. The molecular formula is C6H15ClN2. The van der Waals surface area contributed by atoms with Crippen molar-refractivity contribution in [3.8, 4) is 0 Å². The highest BCUT2D eigenvalue weighted by molar-refractivity contribution is 5.85. The standard InChI is InChI=1S/C6H14N2.ClH/c1-7-6-3-4-8(2)5-6;/h6-7H,3-5H2,1-2H3;1H/t6-;/m1./s1. The second-order valence-corrected chi connectivity index (χ2v) is 2.54. The minimum atomic E-state index is 0. The van der Waals surface area contributed by atoms with Crippen molar-refractivity contribution < 1.29 is 0 Å². The summed E-state index contributed by atoms with van der Waals surface area (Å²) in [6, 6.07) is 0.750. The first kappa shape index (κ1) is 9.21. The number of likely N-dealkylation sites (tertiary alicyclic amines) is 1. The van der Waals surface area contributed by atoms with E-state index in [0.717, 1.165) is 6.04 Å². The summed E-state index contributed by atoms with van der Waals surface area (Å²) in [6.07, 6.45) is 1.31. The zero-order valence-electron chi connectivity index (χ0n) is 6.05. The minimum absolute atomic E-state index is 0. The van der Waals surface area contributed by atoms with Gasteiger partial charge in [-0.3, -0.25) is 0 Å². The van der Waals surface area contributed by atoms with E-state index in [9.17, 15) is 0 Å². The Morgan fingerprint density at radius 2 is 2.22 bits per heavy atom. The average Bonchev–Trinajstić information content (AvgIpc) is 2.14. The van der Waals surface area contributed by atoms with E-state index < -0.39 is 0 Å². The van der Waals surface area contributed by atoms with Gasteiger partial charge in [0.15, 0.2) is 0 Å². The van der Waals surface area contributed by atoms with Crippen LogP contribution in [0.1, 0.15) is 6.42 Å². The Morgan fingerprint density at radius 3 is 2.44 bits per heavy atom. The molecule has 0 spiro atoms. The van der Waals surface area contributed by atoms with Gasteiger partial charge < -0.3 is 10.2 Å². The number of halogens is 1. The monoisotopic (exact) mass is 150 g/mol. The van der Waals surface area contributed by atoms with Crippen molar-refractivity contribution in [3.05, 3.63) is 0 Å². The topological polar surface area (TPSA) is 15.3 Å². The Kier molecular flexibility index (Phi) is 4.19. The maximum atomic E-state index is 3.25. The predicted octanol–water partition coefficient (Wildman–Crippen LogP) is 0.332. The zero-order valence-corrected chi connectivity index (χ0v) is 6.87. The minimum Gasteiger partial charge on any atom is -0.316 e. The molecule has 1 fully saturated rings. The van der Waals surface area contributed by atoms with Crippen LogP contribution >= 0.6 is 12.4 Å². The molecule has 0 unspecified atom stereocenters. The lowest BCUT2D eigenvalue weighted by atomic mass is 10.3. The van der Waals surface area contributed by atoms with Gasteiger partial charge >= 0.3 is 0 Å². The molecule has 0 bridgehead atoms. The van der Waals surface area contributed by atoms with Crippen molar-refractivity contribution in [2.75, 3.05) is 27.2 Å². The molecule has 1 rings (SSSR count). The normalized spacial score (nSPS) is 28.0. The van der Waals surface area contributed by atoms with Gasteiger partial charge in [-0.2, -0.15) is 0 Å². The second-order valence-electron chi connectivity index (χ2n) is 2.54. The van der Waals surface area contributed by atoms with E-state index in [1.807, 2.05) is 7.05 Å². The fourth-order valence-electron chi connectivity index (χ4n) is 1.17. The largest absolute Gasteiger partial charge is 0.316 e. The lowest BCUT2D eigenvalue weighted by Gasteiger charge is -2.07. The van der Waals surface area contributed by atoms with Crippen LogP contribution in [0.5, 0.6) is 0 Å². The van der Waals surface area contributed by atoms with E-state index >= 15 is 0 Å². The van der Waals surface area contributed by atoms with Crippen LogP contribution in [0.2, 0.25) is 0 Å². The van der Waals surface area contributed by atoms with Crippen molar-refractivity contribution in [2.45, 2.75) is 12.5 Å². The molecule has 1 N–H and O–H groups in total. The van der Waals surface area contributed by atoms with E-state index in [0.29, 0.717) is 0 Å². The van der Waals surface area contributed by atoms with Gasteiger partial charge in [0, 0.05) is 12.6 Å². The van der Waals surface area contributed by atoms with E-state index in [1.165, 1.54) is 19.5 Å². The molecule has 1 aliphatic rings. The Balaban J connectivity index is 0.000000640. The molecule has 1 heterocycles. The summed E-state index contributed by atoms with van der Waals surface area (Å²) in [7, 11) is 4.20. The summed E-state index contributed by atoms with van der Waals surface area (Å²) in [6.45, 7) is 2.47. The molecule has 0 amide bonds. The highest BCUT2D eigenvalue weighted by Gasteiger charge is 2.16. The van der Waals surface area contributed by atoms with Crippen LogP contribution in [-0.4, -0.2) is 38.1 Å². The van der Waals surface area contributed by atoms with Crippen LogP contribution in [0.15, 0.2) is 0 Å². The van der Waals surface area contributed by atoms with Gasteiger partial charge in [0.1, 0.15) is 0 Å². The van der Waals surface area contributed by atoms with Crippen LogP contribution in [0.3, 0.4) is 0 Å². The van der Waals surface area contributed by atoms with Crippen LogP contribution in [0, 0.1) is 0 Å². The molecule has 1 atom stereocenters. The number of rotatable bonds is 1. The SMILES string of the molecule is CN[C@@H]1CCN(C)C1.Cl. The Labute approximate surface area is 63.0 Å².